The largest absolute Gasteiger partial charge is 0.352 e. The number of aromatic nitrogens is 3. The molecule has 176 valence electrons. The molecule has 2 aromatic heterocycles. The van der Waals surface area contributed by atoms with Gasteiger partial charge in [0.2, 0.25) is 0 Å². The Kier molecular flexibility index (Phi) is 8.20. The quantitative estimate of drug-likeness (QED) is 0.567. The molecule has 1 aliphatic heterocycles. The van der Waals surface area contributed by atoms with Gasteiger partial charge in [0, 0.05) is 45.0 Å². The number of amides is 1. The first kappa shape index (κ1) is 24.1. The first-order chi connectivity index (χ1) is 15.3. The third kappa shape index (κ3) is 5.45. The zero-order valence-corrected chi connectivity index (χ0v) is 19.7. The normalized spacial score (nSPS) is 15.5. The van der Waals surface area contributed by atoms with Crippen LogP contribution in [-0.4, -0.2) is 76.1 Å². The van der Waals surface area contributed by atoms with Crippen LogP contribution in [0.25, 0.3) is 11.0 Å². The van der Waals surface area contributed by atoms with E-state index in [9.17, 15) is 14.4 Å². The highest BCUT2D eigenvalue weighted by Crippen LogP contribution is 2.20. The van der Waals surface area contributed by atoms with Crippen LogP contribution in [-0.2, 0) is 6.54 Å². The number of piperazine rings is 1. The summed E-state index contributed by atoms with van der Waals surface area (Å²) in [6.07, 6.45) is 1.55. The molecule has 2 aromatic rings. The summed E-state index contributed by atoms with van der Waals surface area (Å²) in [5, 5.41) is 3.14. The van der Waals surface area contributed by atoms with Gasteiger partial charge in [0.15, 0.2) is 5.65 Å². The fourth-order valence-corrected chi connectivity index (χ4v) is 4.13. The van der Waals surface area contributed by atoms with Gasteiger partial charge < -0.3 is 15.1 Å². The number of nitrogens with zero attached hydrogens (tertiary/aromatic N) is 4. The molecule has 1 amide bonds. The van der Waals surface area contributed by atoms with Gasteiger partial charge in [-0.15, -0.1) is 0 Å². The summed E-state index contributed by atoms with van der Waals surface area (Å²) in [6.45, 7) is 15.4. The second-order valence-corrected chi connectivity index (χ2v) is 8.74. The van der Waals surface area contributed by atoms with Crippen LogP contribution in [0.3, 0.4) is 0 Å². The molecule has 9 nitrogen and oxygen atoms in total. The number of fused-ring (bicyclic) bond motifs is 1. The molecule has 0 bridgehead atoms. The number of hydrogen-bond acceptors (Lipinski definition) is 6. The summed E-state index contributed by atoms with van der Waals surface area (Å²) in [5.74, 6) is -0.250. The van der Waals surface area contributed by atoms with Crippen molar-refractivity contribution in [2.45, 2.75) is 53.0 Å². The van der Waals surface area contributed by atoms with Crippen molar-refractivity contribution in [2.24, 2.45) is 0 Å². The lowest BCUT2D eigenvalue weighted by Crippen LogP contribution is -2.46. The molecule has 32 heavy (non-hydrogen) atoms. The van der Waals surface area contributed by atoms with Crippen LogP contribution in [0.15, 0.2) is 15.7 Å². The highest BCUT2D eigenvalue weighted by atomic mass is 16.2. The van der Waals surface area contributed by atoms with Gasteiger partial charge in [-0.2, -0.15) is 0 Å². The lowest BCUT2D eigenvalue weighted by Gasteiger charge is -2.33. The van der Waals surface area contributed by atoms with E-state index in [2.05, 4.69) is 32.0 Å². The number of aromatic amines is 1. The summed E-state index contributed by atoms with van der Waals surface area (Å²) < 4.78 is 1.45. The molecule has 3 heterocycles. The van der Waals surface area contributed by atoms with Gasteiger partial charge in [-0.1, -0.05) is 27.7 Å². The lowest BCUT2D eigenvalue weighted by atomic mass is 10.0. The molecule has 0 spiro atoms. The Morgan fingerprint density at radius 3 is 2.44 bits per heavy atom. The van der Waals surface area contributed by atoms with E-state index in [0.717, 1.165) is 45.7 Å². The van der Waals surface area contributed by atoms with Gasteiger partial charge in [0.05, 0.1) is 10.9 Å². The molecule has 0 aliphatic carbocycles. The smallest absolute Gasteiger partial charge is 0.329 e. The molecular formula is C23H36N6O3. The molecule has 1 fully saturated rings. The predicted molar refractivity (Wildman–Crippen MR) is 127 cm³/mol. The van der Waals surface area contributed by atoms with Crippen LogP contribution in [0.5, 0.6) is 0 Å². The Morgan fingerprint density at radius 2 is 1.81 bits per heavy atom. The summed E-state index contributed by atoms with van der Waals surface area (Å²) in [7, 11) is 0. The van der Waals surface area contributed by atoms with Crippen LogP contribution in [0.1, 0.15) is 62.5 Å². The Balaban J connectivity index is 1.78. The molecule has 0 unspecified atom stereocenters. The third-order valence-electron chi connectivity index (χ3n) is 6.10. The number of likely N-dealkylation sites (N-methyl/N-ethyl adjacent to an activating group) is 1. The number of H-pyrrole nitrogens is 1. The third-order valence-corrected chi connectivity index (χ3v) is 6.10. The minimum Gasteiger partial charge on any atom is -0.352 e. The predicted octanol–water partition coefficient (Wildman–Crippen LogP) is 1.38. The van der Waals surface area contributed by atoms with Crippen molar-refractivity contribution in [1.29, 1.82) is 0 Å². The summed E-state index contributed by atoms with van der Waals surface area (Å²) in [4.78, 5) is 49.9. The standard InChI is InChI=1S/C23H36N6O3/c1-5-9-29-20-19(22(31)26-23(29)32)17(15-18(25-20)16(3)4)21(30)24-8-7-10-28-13-11-27(6-2)12-14-28/h15-16H,5-14H2,1-4H3,(H,24,30)(H,26,31,32). The van der Waals surface area contributed by atoms with E-state index in [4.69, 9.17) is 0 Å². The molecule has 0 saturated carbocycles. The first-order valence-corrected chi connectivity index (χ1v) is 11.8. The Morgan fingerprint density at radius 1 is 1.12 bits per heavy atom. The maximum Gasteiger partial charge on any atom is 0.329 e. The highest BCUT2D eigenvalue weighted by molar-refractivity contribution is 6.05. The SMILES string of the molecule is CCCn1c(=O)[nH]c(=O)c2c(C(=O)NCCCN3CCN(CC)CC3)cc(C(C)C)nc21. The zero-order valence-electron chi connectivity index (χ0n) is 19.7. The summed E-state index contributed by atoms with van der Waals surface area (Å²) in [5.41, 5.74) is 0.185. The van der Waals surface area contributed by atoms with E-state index in [1.54, 1.807) is 6.07 Å². The van der Waals surface area contributed by atoms with Crippen LogP contribution in [0, 0.1) is 0 Å². The fraction of sp³-hybridized carbons (Fsp3) is 0.652. The summed E-state index contributed by atoms with van der Waals surface area (Å²) >= 11 is 0. The van der Waals surface area contributed by atoms with Crippen molar-refractivity contribution in [3.05, 3.63) is 38.2 Å². The molecule has 0 aromatic carbocycles. The van der Waals surface area contributed by atoms with Crippen molar-refractivity contribution in [1.82, 2.24) is 29.7 Å². The number of rotatable bonds is 9. The van der Waals surface area contributed by atoms with Crippen molar-refractivity contribution in [3.63, 3.8) is 0 Å². The molecule has 0 atom stereocenters. The average Bonchev–Trinajstić information content (AvgIpc) is 2.78. The van der Waals surface area contributed by atoms with Crippen LogP contribution >= 0.6 is 0 Å². The van der Waals surface area contributed by atoms with E-state index < -0.39 is 11.2 Å². The zero-order chi connectivity index (χ0) is 23.3. The van der Waals surface area contributed by atoms with E-state index >= 15 is 0 Å². The molecule has 0 radical (unpaired) electrons. The maximum absolute atomic E-state index is 13.1. The van der Waals surface area contributed by atoms with Crippen LogP contribution < -0.4 is 16.6 Å². The number of nitrogens with one attached hydrogen (secondary N) is 2. The average molecular weight is 445 g/mol. The molecular weight excluding hydrogens is 408 g/mol. The van der Waals surface area contributed by atoms with Gasteiger partial charge in [-0.05, 0) is 37.9 Å². The molecule has 2 N–H and O–H groups in total. The molecule has 1 saturated heterocycles. The monoisotopic (exact) mass is 444 g/mol. The Hall–Kier alpha value is -2.52. The minimum atomic E-state index is -0.570. The van der Waals surface area contributed by atoms with Gasteiger partial charge in [-0.25, -0.2) is 9.78 Å². The number of aryl methyl sites for hydroxylation is 1. The van der Waals surface area contributed by atoms with Gasteiger partial charge in [-0.3, -0.25) is 19.1 Å². The fourth-order valence-electron chi connectivity index (χ4n) is 4.13. The van der Waals surface area contributed by atoms with Gasteiger partial charge in [0.25, 0.3) is 11.5 Å². The molecule has 1 aliphatic rings. The van der Waals surface area contributed by atoms with Crippen LogP contribution in [0.2, 0.25) is 0 Å². The van der Waals surface area contributed by atoms with E-state index in [1.165, 1.54) is 4.57 Å². The van der Waals surface area contributed by atoms with Gasteiger partial charge >= 0.3 is 5.69 Å². The topological polar surface area (TPSA) is 103 Å². The number of hydrogen-bond donors (Lipinski definition) is 2. The molecule has 3 rings (SSSR count). The molecule has 9 heteroatoms. The van der Waals surface area contributed by atoms with Crippen molar-refractivity contribution in [3.8, 4) is 0 Å². The number of carbonyl (C=O) groups excluding carboxylic acids is 1. The number of pyridine rings is 1. The van der Waals surface area contributed by atoms with Crippen molar-refractivity contribution < 1.29 is 4.79 Å². The Labute approximate surface area is 188 Å². The van der Waals surface area contributed by atoms with Crippen LogP contribution in [0.4, 0.5) is 0 Å². The minimum absolute atomic E-state index is 0.0530. The summed E-state index contributed by atoms with van der Waals surface area (Å²) in [6, 6.07) is 1.68. The van der Waals surface area contributed by atoms with Crippen molar-refractivity contribution in [2.75, 3.05) is 45.8 Å². The second-order valence-electron chi connectivity index (χ2n) is 8.74. The first-order valence-electron chi connectivity index (χ1n) is 11.8. The number of carbonyl (C=O) groups is 1. The maximum atomic E-state index is 13.1. The van der Waals surface area contributed by atoms with Gasteiger partial charge in [0.1, 0.15) is 0 Å². The van der Waals surface area contributed by atoms with E-state index in [-0.39, 0.29) is 28.4 Å². The Bertz CT molecular complexity index is 1050. The van der Waals surface area contributed by atoms with E-state index in [0.29, 0.717) is 25.2 Å². The van der Waals surface area contributed by atoms with Crippen molar-refractivity contribution >= 4 is 16.9 Å². The second kappa shape index (κ2) is 10.9. The highest BCUT2D eigenvalue weighted by Gasteiger charge is 2.20. The van der Waals surface area contributed by atoms with E-state index in [1.807, 2.05) is 20.8 Å². The lowest BCUT2D eigenvalue weighted by molar-refractivity contribution is 0.0949.